The number of unbranched alkanes of at least 4 members (excludes halogenated alkanes) is 1. The van der Waals surface area contributed by atoms with E-state index < -0.39 is 15.4 Å². The fourth-order valence-corrected chi connectivity index (χ4v) is 1.11. The Labute approximate surface area is 74.3 Å². The van der Waals surface area contributed by atoms with Gasteiger partial charge in [-0.25, -0.2) is 0 Å². The minimum atomic E-state index is -3.78. The first-order valence-electron chi connectivity index (χ1n) is 3.44. The Balaban J connectivity index is 0. The minimum absolute atomic E-state index is 0. The Morgan fingerprint density at radius 1 is 1.45 bits per heavy atom. The van der Waals surface area contributed by atoms with Crippen LogP contribution in [0.25, 0.3) is 0 Å². The SMILES string of the molecule is CCCCC(C)S(=O)(=O)O.Cl. The van der Waals surface area contributed by atoms with Crippen molar-refractivity contribution >= 4 is 22.5 Å². The fourth-order valence-electron chi connectivity index (χ4n) is 0.641. The molecule has 1 unspecified atom stereocenters. The summed E-state index contributed by atoms with van der Waals surface area (Å²) in [5.41, 5.74) is 0. The van der Waals surface area contributed by atoms with Gasteiger partial charge < -0.3 is 0 Å². The second kappa shape index (κ2) is 5.80. The van der Waals surface area contributed by atoms with Crippen molar-refractivity contribution in [3.05, 3.63) is 0 Å². The molecule has 11 heavy (non-hydrogen) atoms. The van der Waals surface area contributed by atoms with Crippen LogP contribution in [0.3, 0.4) is 0 Å². The van der Waals surface area contributed by atoms with Gasteiger partial charge in [0, 0.05) is 0 Å². The molecule has 5 heteroatoms. The summed E-state index contributed by atoms with van der Waals surface area (Å²) in [6.07, 6.45) is 2.36. The van der Waals surface area contributed by atoms with E-state index in [1.54, 1.807) is 0 Å². The molecule has 0 saturated carbocycles. The van der Waals surface area contributed by atoms with Crippen LogP contribution in [0.4, 0.5) is 0 Å². The summed E-state index contributed by atoms with van der Waals surface area (Å²) in [7, 11) is -3.78. The summed E-state index contributed by atoms with van der Waals surface area (Å²) in [5, 5.41) is -0.604. The van der Waals surface area contributed by atoms with Gasteiger partial charge in [0.25, 0.3) is 10.1 Å². The van der Waals surface area contributed by atoms with Gasteiger partial charge in [-0.05, 0) is 13.3 Å². The third-order valence-electron chi connectivity index (χ3n) is 1.47. The van der Waals surface area contributed by atoms with E-state index in [2.05, 4.69) is 0 Å². The number of hydrogen-bond acceptors (Lipinski definition) is 2. The molecule has 1 N–H and O–H groups in total. The Morgan fingerprint density at radius 2 is 1.91 bits per heavy atom. The Morgan fingerprint density at radius 3 is 2.18 bits per heavy atom. The topological polar surface area (TPSA) is 54.4 Å². The van der Waals surface area contributed by atoms with Crippen LogP contribution in [-0.4, -0.2) is 18.2 Å². The molecule has 0 aromatic rings. The second-order valence-corrected chi connectivity index (χ2v) is 4.30. The minimum Gasteiger partial charge on any atom is -0.285 e. The summed E-state index contributed by atoms with van der Waals surface area (Å²) in [4.78, 5) is 0. The van der Waals surface area contributed by atoms with Crippen molar-refractivity contribution in [3.8, 4) is 0 Å². The van der Waals surface area contributed by atoms with Gasteiger partial charge in [-0.3, -0.25) is 4.55 Å². The van der Waals surface area contributed by atoms with Crippen molar-refractivity contribution in [3.63, 3.8) is 0 Å². The van der Waals surface area contributed by atoms with Crippen molar-refractivity contribution in [1.29, 1.82) is 0 Å². The lowest BCUT2D eigenvalue weighted by Crippen LogP contribution is -2.15. The number of halogens is 1. The van der Waals surface area contributed by atoms with Gasteiger partial charge in [-0.1, -0.05) is 19.8 Å². The van der Waals surface area contributed by atoms with Crippen molar-refractivity contribution in [1.82, 2.24) is 0 Å². The fraction of sp³-hybridized carbons (Fsp3) is 1.00. The van der Waals surface area contributed by atoms with Gasteiger partial charge >= 0.3 is 0 Å². The average Bonchev–Trinajstić information content (AvgIpc) is 1.80. The predicted octanol–water partition coefficient (Wildman–Crippen LogP) is 1.87. The second-order valence-electron chi connectivity index (χ2n) is 2.47. The quantitative estimate of drug-likeness (QED) is 0.709. The molecular weight excluding hydrogens is 188 g/mol. The van der Waals surface area contributed by atoms with Crippen LogP contribution in [0.2, 0.25) is 0 Å². The molecule has 3 nitrogen and oxygen atoms in total. The van der Waals surface area contributed by atoms with Crippen LogP contribution in [0.1, 0.15) is 33.1 Å². The molecule has 0 saturated heterocycles. The van der Waals surface area contributed by atoms with Gasteiger partial charge in [0.1, 0.15) is 0 Å². The predicted molar refractivity (Wildman–Crippen MR) is 47.8 cm³/mol. The molecule has 0 heterocycles. The smallest absolute Gasteiger partial charge is 0.267 e. The molecule has 1 atom stereocenters. The van der Waals surface area contributed by atoms with E-state index in [9.17, 15) is 8.42 Å². The highest BCUT2D eigenvalue weighted by Gasteiger charge is 2.15. The molecule has 0 aliphatic carbocycles. The first-order valence-corrected chi connectivity index (χ1v) is 4.95. The highest BCUT2D eigenvalue weighted by molar-refractivity contribution is 7.86. The van der Waals surface area contributed by atoms with E-state index in [1.165, 1.54) is 6.92 Å². The number of hydrogen-bond donors (Lipinski definition) is 1. The monoisotopic (exact) mass is 202 g/mol. The number of rotatable bonds is 4. The highest BCUT2D eigenvalue weighted by atomic mass is 35.5. The molecule has 0 aliphatic heterocycles. The first-order chi connectivity index (χ1) is 4.48. The Kier molecular flexibility index (Phi) is 7.26. The Bertz CT molecular complexity index is 176. The molecular formula is C6H15ClO3S. The van der Waals surface area contributed by atoms with Crippen molar-refractivity contribution in [2.75, 3.05) is 0 Å². The van der Waals surface area contributed by atoms with E-state index in [4.69, 9.17) is 4.55 Å². The van der Waals surface area contributed by atoms with Gasteiger partial charge in [0.15, 0.2) is 0 Å². The lowest BCUT2D eigenvalue weighted by molar-refractivity contribution is 0.464. The van der Waals surface area contributed by atoms with Crippen LogP contribution >= 0.6 is 12.4 Å². The lowest BCUT2D eigenvalue weighted by Gasteiger charge is -2.04. The lowest BCUT2D eigenvalue weighted by atomic mass is 10.2. The third-order valence-corrected chi connectivity index (χ3v) is 2.73. The van der Waals surface area contributed by atoms with Crippen LogP contribution in [0.5, 0.6) is 0 Å². The van der Waals surface area contributed by atoms with Crippen LogP contribution < -0.4 is 0 Å². The van der Waals surface area contributed by atoms with Crippen molar-refractivity contribution in [2.24, 2.45) is 0 Å². The van der Waals surface area contributed by atoms with Crippen LogP contribution in [0.15, 0.2) is 0 Å². The normalized spacial score (nSPS) is 13.7. The zero-order valence-corrected chi connectivity index (χ0v) is 8.41. The summed E-state index contributed by atoms with van der Waals surface area (Å²) in [6.45, 7) is 3.50. The van der Waals surface area contributed by atoms with E-state index in [1.807, 2.05) is 6.92 Å². The molecule has 0 aromatic carbocycles. The van der Waals surface area contributed by atoms with Gasteiger partial charge in [-0.2, -0.15) is 8.42 Å². The van der Waals surface area contributed by atoms with E-state index in [0.717, 1.165) is 12.8 Å². The van der Waals surface area contributed by atoms with E-state index in [-0.39, 0.29) is 12.4 Å². The summed E-state index contributed by atoms with van der Waals surface area (Å²) < 4.78 is 29.3. The molecule has 0 fully saturated rings. The molecule has 70 valence electrons. The van der Waals surface area contributed by atoms with Gasteiger partial charge in [-0.15, -0.1) is 12.4 Å². The summed E-state index contributed by atoms with van der Waals surface area (Å²) >= 11 is 0. The maximum absolute atomic E-state index is 10.4. The zero-order chi connectivity index (χ0) is 8.20. The molecule has 0 bridgehead atoms. The molecule has 0 aliphatic rings. The highest BCUT2D eigenvalue weighted by Crippen LogP contribution is 2.07. The maximum Gasteiger partial charge on any atom is 0.267 e. The molecule has 0 radical (unpaired) electrons. The molecule has 0 amide bonds. The summed E-state index contributed by atoms with van der Waals surface area (Å²) in [6, 6.07) is 0. The van der Waals surface area contributed by atoms with E-state index >= 15 is 0 Å². The maximum atomic E-state index is 10.4. The van der Waals surface area contributed by atoms with Crippen LogP contribution in [0, 0.1) is 0 Å². The molecule has 0 rings (SSSR count). The third kappa shape index (κ3) is 6.59. The van der Waals surface area contributed by atoms with Crippen molar-refractivity contribution < 1.29 is 13.0 Å². The zero-order valence-electron chi connectivity index (χ0n) is 6.78. The van der Waals surface area contributed by atoms with E-state index in [0.29, 0.717) is 6.42 Å². The van der Waals surface area contributed by atoms with Crippen LogP contribution in [-0.2, 0) is 10.1 Å². The first kappa shape index (κ1) is 13.8. The standard InChI is InChI=1S/C6H14O3S.ClH/c1-3-4-5-6(2)10(7,8)9;/h6H,3-5H2,1-2H3,(H,7,8,9);1H. The van der Waals surface area contributed by atoms with Crippen molar-refractivity contribution in [2.45, 2.75) is 38.4 Å². The average molecular weight is 203 g/mol. The van der Waals surface area contributed by atoms with Gasteiger partial charge in [0.2, 0.25) is 0 Å². The Hall–Kier alpha value is 0.200. The molecule has 0 spiro atoms. The summed E-state index contributed by atoms with van der Waals surface area (Å²) in [5.74, 6) is 0. The largest absolute Gasteiger partial charge is 0.285 e. The molecule has 0 aromatic heterocycles. The van der Waals surface area contributed by atoms with Gasteiger partial charge in [0.05, 0.1) is 5.25 Å².